The Morgan fingerprint density at radius 3 is 2.54 bits per heavy atom. The minimum atomic E-state index is -0.353. The fraction of sp³-hybridized carbons (Fsp3) is 0.529. The number of nitrogens with one attached hydrogen (secondary N) is 1. The SMILES string of the molecule is CCOC(=O)CN(CCOC)CC(=O)NCCOc1ccccc1. The van der Waals surface area contributed by atoms with Crippen molar-refractivity contribution < 1.29 is 23.8 Å². The Bertz CT molecular complexity index is 481. The van der Waals surface area contributed by atoms with Gasteiger partial charge in [0.05, 0.1) is 32.8 Å². The van der Waals surface area contributed by atoms with Crippen molar-refractivity contribution in [3.8, 4) is 5.75 Å². The van der Waals surface area contributed by atoms with Crippen LogP contribution in [0.5, 0.6) is 5.75 Å². The van der Waals surface area contributed by atoms with E-state index in [1.807, 2.05) is 30.3 Å². The first-order chi connectivity index (χ1) is 11.7. The highest BCUT2D eigenvalue weighted by Gasteiger charge is 2.15. The number of carbonyl (C=O) groups excluding carboxylic acids is 2. The third kappa shape index (κ3) is 9.12. The van der Waals surface area contributed by atoms with Crippen molar-refractivity contribution in [1.82, 2.24) is 10.2 Å². The molecule has 0 radical (unpaired) electrons. The first kappa shape index (κ1) is 19.9. The third-order valence-corrected chi connectivity index (χ3v) is 3.07. The number of methoxy groups -OCH3 is 1. The molecule has 0 aliphatic carbocycles. The molecule has 7 nitrogen and oxygen atoms in total. The van der Waals surface area contributed by atoms with Crippen molar-refractivity contribution in [2.75, 3.05) is 53.1 Å². The van der Waals surface area contributed by atoms with E-state index in [0.717, 1.165) is 5.75 Å². The molecule has 134 valence electrons. The highest BCUT2D eigenvalue weighted by atomic mass is 16.5. The molecule has 0 saturated heterocycles. The number of amides is 1. The standard InChI is InChI=1S/C17H26N2O5/c1-3-23-17(21)14-19(10-12-22-2)13-16(20)18-9-11-24-15-7-5-4-6-8-15/h4-8H,3,9-14H2,1-2H3,(H,18,20). The van der Waals surface area contributed by atoms with E-state index >= 15 is 0 Å². The highest BCUT2D eigenvalue weighted by Crippen LogP contribution is 2.07. The summed E-state index contributed by atoms with van der Waals surface area (Å²) in [5.41, 5.74) is 0. The van der Waals surface area contributed by atoms with Crippen molar-refractivity contribution >= 4 is 11.9 Å². The Hall–Kier alpha value is -2.12. The number of hydrogen-bond donors (Lipinski definition) is 1. The molecule has 0 atom stereocenters. The highest BCUT2D eigenvalue weighted by molar-refractivity contribution is 5.79. The molecule has 0 spiro atoms. The van der Waals surface area contributed by atoms with Crippen molar-refractivity contribution in [3.05, 3.63) is 30.3 Å². The summed E-state index contributed by atoms with van der Waals surface area (Å²) in [6, 6.07) is 9.39. The van der Waals surface area contributed by atoms with Gasteiger partial charge in [-0.05, 0) is 19.1 Å². The van der Waals surface area contributed by atoms with Gasteiger partial charge in [-0.2, -0.15) is 0 Å². The Kier molecular flexibility index (Phi) is 10.2. The van der Waals surface area contributed by atoms with E-state index in [1.54, 1.807) is 18.9 Å². The first-order valence-corrected chi connectivity index (χ1v) is 7.97. The fourth-order valence-electron chi connectivity index (χ4n) is 1.96. The van der Waals surface area contributed by atoms with Gasteiger partial charge >= 0.3 is 5.97 Å². The van der Waals surface area contributed by atoms with Gasteiger partial charge in [0.25, 0.3) is 0 Å². The molecule has 1 rings (SSSR count). The van der Waals surface area contributed by atoms with Crippen LogP contribution in [0.1, 0.15) is 6.92 Å². The molecule has 0 saturated carbocycles. The summed E-state index contributed by atoms with van der Waals surface area (Å²) in [6.45, 7) is 3.92. The van der Waals surface area contributed by atoms with Crippen molar-refractivity contribution in [3.63, 3.8) is 0 Å². The molecule has 1 amide bonds. The molecule has 0 heterocycles. The predicted molar refractivity (Wildman–Crippen MR) is 89.9 cm³/mol. The van der Waals surface area contributed by atoms with Gasteiger partial charge < -0.3 is 19.5 Å². The molecule has 0 aliphatic rings. The summed E-state index contributed by atoms with van der Waals surface area (Å²) in [5.74, 6) is 0.233. The molecular weight excluding hydrogens is 312 g/mol. The maximum atomic E-state index is 12.0. The molecule has 0 aliphatic heterocycles. The molecule has 24 heavy (non-hydrogen) atoms. The van der Waals surface area contributed by atoms with Crippen LogP contribution in [0.15, 0.2) is 30.3 Å². The largest absolute Gasteiger partial charge is 0.492 e. The van der Waals surface area contributed by atoms with Crippen molar-refractivity contribution in [1.29, 1.82) is 0 Å². The zero-order valence-corrected chi connectivity index (χ0v) is 14.3. The van der Waals surface area contributed by atoms with Crippen LogP contribution >= 0.6 is 0 Å². The molecule has 0 fully saturated rings. The van der Waals surface area contributed by atoms with Crippen LogP contribution < -0.4 is 10.1 Å². The van der Waals surface area contributed by atoms with Crippen LogP contribution in [0.25, 0.3) is 0 Å². The van der Waals surface area contributed by atoms with Gasteiger partial charge in [0.2, 0.25) is 5.91 Å². The molecule has 1 aromatic rings. The van der Waals surface area contributed by atoms with Crippen LogP contribution in [0.3, 0.4) is 0 Å². The van der Waals surface area contributed by atoms with Crippen molar-refractivity contribution in [2.24, 2.45) is 0 Å². The predicted octanol–water partition coefficient (Wildman–Crippen LogP) is 0.693. The summed E-state index contributed by atoms with van der Waals surface area (Å²) < 4.78 is 15.4. The number of benzene rings is 1. The second-order valence-corrected chi connectivity index (χ2v) is 5.02. The summed E-state index contributed by atoms with van der Waals surface area (Å²) in [6.07, 6.45) is 0. The van der Waals surface area contributed by atoms with E-state index < -0.39 is 0 Å². The minimum absolute atomic E-state index is 0.0607. The number of para-hydroxylation sites is 1. The Morgan fingerprint density at radius 1 is 1.12 bits per heavy atom. The lowest BCUT2D eigenvalue weighted by Crippen LogP contribution is -2.42. The van der Waals surface area contributed by atoms with Gasteiger partial charge in [0.1, 0.15) is 12.4 Å². The van der Waals surface area contributed by atoms with E-state index in [4.69, 9.17) is 14.2 Å². The lowest BCUT2D eigenvalue weighted by molar-refractivity contribution is -0.144. The normalized spacial score (nSPS) is 10.5. The molecule has 0 bridgehead atoms. The average Bonchev–Trinajstić information content (AvgIpc) is 2.57. The number of ether oxygens (including phenoxy) is 3. The number of carbonyl (C=O) groups is 2. The topological polar surface area (TPSA) is 77.1 Å². The van der Waals surface area contributed by atoms with Gasteiger partial charge in [-0.1, -0.05) is 18.2 Å². The average molecular weight is 338 g/mol. The van der Waals surface area contributed by atoms with Crippen LogP contribution in [0.4, 0.5) is 0 Å². The Morgan fingerprint density at radius 2 is 1.88 bits per heavy atom. The second-order valence-electron chi connectivity index (χ2n) is 5.02. The lowest BCUT2D eigenvalue weighted by atomic mass is 10.3. The maximum absolute atomic E-state index is 12.0. The number of rotatable bonds is 12. The van der Waals surface area contributed by atoms with Gasteiger partial charge in [-0.15, -0.1) is 0 Å². The van der Waals surface area contributed by atoms with Crippen LogP contribution in [-0.2, 0) is 19.1 Å². The van der Waals surface area contributed by atoms with Crippen LogP contribution in [0, 0.1) is 0 Å². The fourth-order valence-corrected chi connectivity index (χ4v) is 1.96. The van der Waals surface area contributed by atoms with Gasteiger partial charge in [0.15, 0.2) is 0 Å². The zero-order chi connectivity index (χ0) is 17.6. The minimum Gasteiger partial charge on any atom is -0.492 e. The maximum Gasteiger partial charge on any atom is 0.320 e. The van der Waals surface area contributed by atoms with Crippen LogP contribution in [0.2, 0.25) is 0 Å². The molecule has 1 N–H and O–H groups in total. The third-order valence-electron chi connectivity index (χ3n) is 3.07. The van der Waals surface area contributed by atoms with E-state index in [2.05, 4.69) is 5.32 Å². The zero-order valence-electron chi connectivity index (χ0n) is 14.3. The van der Waals surface area contributed by atoms with Crippen molar-refractivity contribution in [2.45, 2.75) is 6.92 Å². The Balaban J connectivity index is 2.28. The van der Waals surface area contributed by atoms with E-state index in [1.165, 1.54) is 0 Å². The monoisotopic (exact) mass is 338 g/mol. The van der Waals surface area contributed by atoms with Gasteiger partial charge in [-0.25, -0.2) is 0 Å². The summed E-state index contributed by atoms with van der Waals surface area (Å²) >= 11 is 0. The Labute approximate surface area is 142 Å². The van der Waals surface area contributed by atoms with E-state index in [9.17, 15) is 9.59 Å². The van der Waals surface area contributed by atoms with E-state index in [0.29, 0.717) is 32.9 Å². The smallest absolute Gasteiger partial charge is 0.320 e. The van der Waals surface area contributed by atoms with Gasteiger partial charge in [0, 0.05) is 13.7 Å². The molecule has 0 aromatic heterocycles. The van der Waals surface area contributed by atoms with Gasteiger partial charge in [-0.3, -0.25) is 14.5 Å². The molecule has 1 aromatic carbocycles. The van der Waals surface area contributed by atoms with E-state index in [-0.39, 0.29) is 25.0 Å². The second kappa shape index (κ2) is 12.3. The van der Waals surface area contributed by atoms with Crippen LogP contribution in [-0.4, -0.2) is 69.9 Å². The summed E-state index contributed by atoms with van der Waals surface area (Å²) in [7, 11) is 1.57. The summed E-state index contributed by atoms with van der Waals surface area (Å²) in [4.78, 5) is 25.2. The quantitative estimate of drug-likeness (QED) is 0.446. The molecular formula is C17H26N2O5. The lowest BCUT2D eigenvalue weighted by Gasteiger charge is -2.20. The number of hydrogen-bond acceptors (Lipinski definition) is 6. The molecule has 0 unspecified atom stereocenters. The summed E-state index contributed by atoms with van der Waals surface area (Å²) in [5, 5.41) is 2.77. The number of esters is 1. The number of nitrogens with zero attached hydrogens (tertiary/aromatic N) is 1. The first-order valence-electron chi connectivity index (χ1n) is 7.97. The molecule has 7 heteroatoms.